The highest BCUT2D eigenvalue weighted by Crippen LogP contribution is 2.22. The van der Waals surface area contributed by atoms with E-state index in [9.17, 15) is 5.11 Å². The van der Waals surface area contributed by atoms with Crippen molar-refractivity contribution in [2.45, 2.75) is 25.9 Å². The molecule has 0 amide bonds. The lowest BCUT2D eigenvalue weighted by Crippen LogP contribution is -2.21. The fourth-order valence-corrected chi connectivity index (χ4v) is 2.14. The Morgan fingerprint density at radius 2 is 2.00 bits per heavy atom. The van der Waals surface area contributed by atoms with Gasteiger partial charge in [0.1, 0.15) is 0 Å². The van der Waals surface area contributed by atoms with Crippen LogP contribution in [0.3, 0.4) is 0 Å². The molecule has 3 heteroatoms. The smallest absolute Gasteiger partial charge is 0.0631 e. The lowest BCUT2D eigenvalue weighted by Gasteiger charge is -2.17. The van der Waals surface area contributed by atoms with Crippen molar-refractivity contribution in [3.63, 3.8) is 0 Å². The molecule has 0 bridgehead atoms. The molecule has 0 spiro atoms. The largest absolute Gasteiger partial charge is 0.390 e. The van der Waals surface area contributed by atoms with Crippen molar-refractivity contribution in [2.75, 3.05) is 0 Å². The molecular weight excluding hydrogens is 251 g/mol. The van der Waals surface area contributed by atoms with Gasteiger partial charge in [0.2, 0.25) is 0 Å². The van der Waals surface area contributed by atoms with E-state index >= 15 is 0 Å². The molecule has 0 aliphatic heterocycles. The minimum Gasteiger partial charge on any atom is -0.390 e. The summed E-state index contributed by atoms with van der Waals surface area (Å²) in [6, 6.07) is 5.66. The highest BCUT2D eigenvalue weighted by atomic mass is 79.9. The van der Waals surface area contributed by atoms with Crippen LogP contribution in [-0.2, 0) is 6.42 Å². The van der Waals surface area contributed by atoms with Crippen LogP contribution in [0.5, 0.6) is 0 Å². The molecule has 0 saturated carbocycles. The zero-order chi connectivity index (χ0) is 10.1. The quantitative estimate of drug-likeness (QED) is 0.867. The summed E-state index contributed by atoms with van der Waals surface area (Å²) in [4.78, 5) is 0. The van der Waals surface area contributed by atoms with E-state index in [0.29, 0.717) is 11.4 Å². The topological polar surface area (TPSA) is 20.2 Å². The highest BCUT2D eigenvalue weighted by Gasteiger charge is 2.13. The number of aliphatic hydroxyl groups is 1. The van der Waals surface area contributed by atoms with Crippen LogP contribution in [0, 0.1) is 0 Å². The molecule has 1 aromatic rings. The summed E-state index contributed by atoms with van der Waals surface area (Å²) in [5, 5.41) is 10.3. The molecule has 0 aromatic heterocycles. The number of halogens is 2. The fraction of sp³-hybridized carbons (Fsp3) is 0.400. The van der Waals surface area contributed by atoms with Gasteiger partial charge >= 0.3 is 0 Å². The van der Waals surface area contributed by atoms with Crippen LogP contribution in [0.2, 0.25) is 5.02 Å². The maximum Gasteiger partial charge on any atom is 0.0631 e. The fourth-order valence-electron chi connectivity index (χ4n) is 1.21. The van der Waals surface area contributed by atoms with E-state index in [1.807, 2.05) is 18.2 Å². The van der Waals surface area contributed by atoms with Gasteiger partial charge in [-0.3, -0.25) is 0 Å². The predicted molar refractivity (Wildman–Crippen MR) is 59.2 cm³/mol. The molecule has 1 nitrogen and oxygen atoms in total. The van der Waals surface area contributed by atoms with Crippen molar-refractivity contribution < 1.29 is 5.11 Å². The van der Waals surface area contributed by atoms with Gasteiger partial charge in [-0.25, -0.2) is 0 Å². The number of hydrogen-bond acceptors (Lipinski definition) is 1. The summed E-state index contributed by atoms with van der Waals surface area (Å²) < 4.78 is 0.944. The Labute approximate surface area is 91.9 Å². The molecule has 0 radical (unpaired) electrons. The minimum absolute atomic E-state index is 0.603. The number of rotatable bonds is 2. The normalized spacial score (nSPS) is 11.8. The second-order valence-electron chi connectivity index (χ2n) is 3.77. The molecule has 0 unspecified atom stereocenters. The molecule has 1 aromatic carbocycles. The van der Waals surface area contributed by atoms with Gasteiger partial charge in [0.15, 0.2) is 0 Å². The molecule has 1 rings (SSSR count). The van der Waals surface area contributed by atoms with Crippen molar-refractivity contribution >= 4 is 27.5 Å². The third kappa shape index (κ3) is 4.12. The van der Waals surface area contributed by atoms with Gasteiger partial charge in [0.05, 0.1) is 5.60 Å². The van der Waals surface area contributed by atoms with Crippen molar-refractivity contribution in [1.29, 1.82) is 0 Å². The molecule has 0 fully saturated rings. The Bertz CT molecular complexity index is 284. The highest BCUT2D eigenvalue weighted by molar-refractivity contribution is 9.10. The van der Waals surface area contributed by atoms with E-state index in [1.54, 1.807) is 13.8 Å². The SMILES string of the molecule is CC(C)(O)Cc1cc(Cl)cc(Br)c1. The number of benzene rings is 1. The summed E-state index contributed by atoms with van der Waals surface area (Å²) in [6.45, 7) is 3.56. The average molecular weight is 264 g/mol. The van der Waals surface area contributed by atoms with Crippen molar-refractivity contribution in [3.05, 3.63) is 33.3 Å². The molecule has 0 aliphatic carbocycles. The van der Waals surface area contributed by atoms with Gasteiger partial charge in [0, 0.05) is 15.9 Å². The first-order chi connectivity index (χ1) is 5.87. The Morgan fingerprint density at radius 1 is 1.38 bits per heavy atom. The first-order valence-electron chi connectivity index (χ1n) is 4.04. The summed E-state index contributed by atoms with van der Waals surface area (Å²) in [5.74, 6) is 0. The summed E-state index contributed by atoms with van der Waals surface area (Å²) in [7, 11) is 0. The van der Waals surface area contributed by atoms with Gasteiger partial charge in [0.25, 0.3) is 0 Å². The van der Waals surface area contributed by atoms with E-state index in [0.717, 1.165) is 10.0 Å². The lowest BCUT2D eigenvalue weighted by molar-refractivity contribution is 0.0810. The van der Waals surface area contributed by atoms with Gasteiger partial charge in [-0.1, -0.05) is 27.5 Å². The Kier molecular flexibility index (Phi) is 3.38. The van der Waals surface area contributed by atoms with Crippen LogP contribution in [0.25, 0.3) is 0 Å². The summed E-state index contributed by atoms with van der Waals surface area (Å²) in [6.07, 6.45) is 0.603. The predicted octanol–water partition coefficient (Wildman–Crippen LogP) is 3.42. The lowest BCUT2D eigenvalue weighted by atomic mass is 9.99. The standard InChI is InChI=1S/C10H12BrClO/c1-10(2,13)6-7-3-8(11)5-9(12)4-7/h3-5,13H,6H2,1-2H3. The second-order valence-corrected chi connectivity index (χ2v) is 5.12. The molecule has 72 valence electrons. The van der Waals surface area contributed by atoms with Gasteiger partial charge < -0.3 is 5.11 Å². The van der Waals surface area contributed by atoms with Crippen molar-refractivity contribution in [1.82, 2.24) is 0 Å². The Balaban J connectivity index is 2.90. The van der Waals surface area contributed by atoms with E-state index in [4.69, 9.17) is 11.6 Å². The van der Waals surface area contributed by atoms with Crippen molar-refractivity contribution in [2.24, 2.45) is 0 Å². The molecular formula is C10H12BrClO. The third-order valence-corrected chi connectivity index (χ3v) is 2.24. The van der Waals surface area contributed by atoms with Crippen LogP contribution in [0.4, 0.5) is 0 Å². The van der Waals surface area contributed by atoms with E-state index < -0.39 is 5.60 Å². The monoisotopic (exact) mass is 262 g/mol. The van der Waals surface area contributed by atoms with Gasteiger partial charge in [-0.05, 0) is 37.6 Å². The van der Waals surface area contributed by atoms with Crippen LogP contribution in [0.15, 0.2) is 22.7 Å². The molecule has 0 heterocycles. The summed E-state index contributed by atoms with van der Waals surface area (Å²) in [5.41, 5.74) is 0.344. The maximum absolute atomic E-state index is 9.59. The molecule has 0 aliphatic rings. The molecule has 1 N–H and O–H groups in total. The zero-order valence-corrected chi connectivity index (χ0v) is 9.98. The maximum atomic E-state index is 9.59. The van der Waals surface area contributed by atoms with E-state index in [2.05, 4.69) is 15.9 Å². The van der Waals surface area contributed by atoms with Crippen LogP contribution in [0.1, 0.15) is 19.4 Å². The first kappa shape index (κ1) is 11.0. The zero-order valence-electron chi connectivity index (χ0n) is 7.64. The molecule has 13 heavy (non-hydrogen) atoms. The van der Waals surface area contributed by atoms with E-state index in [-0.39, 0.29) is 0 Å². The van der Waals surface area contributed by atoms with Gasteiger partial charge in [-0.15, -0.1) is 0 Å². The Hall–Kier alpha value is -0.0500. The van der Waals surface area contributed by atoms with Crippen molar-refractivity contribution in [3.8, 4) is 0 Å². The van der Waals surface area contributed by atoms with Crippen LogP contribution >= 0.6 is 27.5 Å². The Morgan fingerprint density at radius 3 is 2.46 bits per heavy atom. The minimum atomic E-state index is -0.690. The van der Waals surface area contributed by atoms with E-state index in [1.165, 1.54) is 0 Å². The molecule has 0 atom stereocenters. The first-order valence-corrected chi connectivity index (χ1v) is 5.21. The average Bonchev–Trinajstić information content (AvgIpc) is 1.78. The van der Waals surface area contributed by atoms with Crippen LogP contribution < -0.4 is 0 Å². The third-order valence-electron chi connectivity index (χ3n) is 1.56. The number of hydrogen-bond donors (Lipinski definition) is 1. The van der Waals surface area contributed by atoms with Gasteiger partial charge in [-0.2, -0.15) is 0 Å². The molecule has 0 saturated heterocycles. The van der Waals surface area contributed by atoms with Crippen LogP contribution in [-0.4, -0.2) is 10.7 Å². The second kappa shape index (κ2) is 3.99. The summed E-state index contributed by atoms with van der Waals surface area (Å²) >= 11 is 9.22.